The quantitative estimate of drug-likeness (QED) is 0.0106. The lowest BCUT2D eigenvalue weighted by molar-refractivity contribution is -0.154. The van der Waals surface area contributed by atoms with E-state index in [-0.39, 0.29) is 152 Å². The Morgan fingerprint density at radius 3 is 1.03 bits per heavy atom. The molecule has 1 aliphatic heterocycles. The van der Waals surface area contributed by atoms with E-state index < -0.39 is 118 Å². The third-order valence-corrected chi connectivity index (χ3v) is 23.5. The fraction of sp³-hybridized carbons (Fsp3) is 0.456. The Labute approximate surface area is 860 Å². The number of hydrogen-bond donors (Lipinski definition) is 7. The van der Waals surface area contributed by atoms with Crippen LogP contribution in [0.15, 0.2) is 243 Å². The highest BCUT2D eigenvalue weighted by molar-refractivity contribution is 5.96. The molecule has 6 atom stereocenters. The molecule has 0 unspecified atom stereocenters. The van der Waals surface area contributed by atoms with Gasteiger partial charge in [0.2, 0.25) is 11.8 Å². The van der Waals surface area contributed by atoms with E-state index in [0.717, 1.165) is 44.5 Å². The van der Waals surface area contributed by atoms with E-state index >= 15 is 0 Å². The summed E-state index contributed by atoms with van der Waals surface area (Å²) in [6.07, 6.45) is 1.73. The van der Waals surface area contributed by atoms with Gasteiger partial charge in [0.1, 0.15) is 43.2 Å². The van der Waals surface area contributed by atoms with Gasteiger partial charge in [-0.3, -0.25) is 38.4 Å². The second kappa shape index (κ2) is 64.9. The average Bonchev–Trinajstić information content (AvgIpc) is 0.809. The van der Waals surface area contributed by atoms with Crippen LogP contribution in [0.2, 0.25) is 0 Å². The standard InChI is InChI=1S/C47H63N3O9.C46H61N3O9.C21H24N2O4.ClH/c1-34(2)28-41(42(52)31-38(44(54)57-6)24-16-17-26-48-45(55)58-33-37-22-14-9-15-23-37)49-43(53)39(29-36-20-12-8-13-21-36)30-40(51)32-50(46(56)59-47(3,4)5)27-25-35-18-10-7-11-19-35;1-33(2)27-40(41(51)30-37(43(53)54)23-15-16-25-47-44(55)57-32-36-21-13-8-14-22-36)48-42(52)38(28-35-19-11-7-12-20-35)29-39(50)31-49(45(56)58-46(3,4)5)26-24-34-17-9-6-10-18-34;24-19(26-15-17-7-3-1-4-8-17)21(11-13-22-14-12-21)23-20(25)27-16-18-9-5-2-6-10-18;/h7-15,18-23,34,38-39,41H,16-17,24-33H2,1-6H3,(H,48,55)(H,49,53);6-14,17-22,33,37-38,40H,15-16,23-32H2,1-5H3,(H,47,55)(H,48,52)(H,53,54);1-10,22H,11-16H2,(H,23,25);1H/t38-,39-,41+;37-,38-,40+;;/m00../s1. The summed E-state index contributed by atoms with van der Waals surface area (Å²) < 4.78 is 37.6. The van der Waals surface area contributed by atoms with Gasteiger partial charge in [0.15, 0.2) is 23.1 Å². The smallest absolute Gasteiger partial charge is 0.410 e. The fourth-order valence-electron chi connectivity index (χ4n) is 16.0. The van der Waals surface area contributed by atoms with Gasteiger partial charge in [-0.25, -0.2) is 28.8 Å². The minimum absolute atomic E-state index is 0. The number of ether oxygens (including phenoxy) is 7. The number of Topliss-reactive ketones (excluding diaryl/α,β-unsaturated/α-hetero) is 4. The molecule has 145 heavy (non-hydrogen) atoms. The van der Waals surface area contributed by atoms with Crippen molar-refractivity contribution in [3.63, 3.8) is 0 Å². The number of benzene rings is 8. The zero-order valence-corrected chi connectivity index (χ0v) is 86.6. The number of carbonyl (C=O) groups is 14. The second-order valence-corrected chi connectivity index (χ2v) is 39.1. The Morgan fingerprint density at radius 1 is 0.393 bits per heavy atom. The first-order chi connectivity index (χ1) is 68.9. The van der Waals surface area contributed by atoms with Crippen molar-refractivity contribution in [2.24, 2.45) is 35.5 Å². The van der Waals surface area contributed by atoms with Crippen LogP contribution < -0.4 is 31.9 Å². The Hall–Kier alpha value is -13.6. The number of nitrogens with zero attached hydrogens (tertiary/aromatic N) is 2. The third kappa shape index (κ3) is 49.0. The van der Waals surface area contributed by atoms with E-state index in [1.807, 2.05) is 270 Å². The normalized spacial score (nSPS) is 13.2. The van der Waals surface area contributed by atoms with Gasteiger partial charge in [-0.2, -0.15) is 0 Å². The Kier molecular flexibility index (Phi) is 53.8. The van der Waals surface area contributed by atoms with Gasteiger partial charge in [-0.05, 0) is 188 Å². The zero-order chi connectivity index (χ0) is 105. The molecule has 1 heterocycles. The van der Waals surface area contributed by atoms with Crippen molar-refractivity contribution < 1.29 is 105 Å². The number of halogens is 1. The number of alkyl carbamates (subject to hydrolysis) is 3. The Bertz CT molecular complexity index is 5250. The average molecular weight is 2020 g/mol. The number of unbranched alkanes of at least 4 members (excludes halogenated alkanes) is 2. The van der Waals surface area contributed by atoms with Crippen molar-refractivity contribution in [1.29, 1.82) is 0 Å². The summed E-state index contributed by atoms with van der Waals surface area (Å²) in [5.74, 6) is -7.85. The molecule has 0 aromatic heterocycles. The van der Waals surface area contributed by atoms with Crippen LogP contribution >= 0.6 is 12.4 Å². The molecule has 8 aromatic carbocycles. The summed E-state index contributed by atoms with van der Waals surface area (Å²) >= 11 is 0. The number of hydrogen-bond acceptors (Lipinski definition) is 22. The summed E-state index contributed by atoms with van der Waals surface area (Å²) in [7, 11) is 1.27. The van der Waals surface area contributed by atoms with E-state index in [9.17, 15) is 72.2 Å². The molecule has 1 saturated heterocycles. The first-order valence-electron chi connectivity index (χ1n) is 49.8. The van der Waals surface area contributed by atoms with Crippen molar-refractivity contribution in [2.75, 3.05) is 59.5 Å². The van der Waals surface area contributed by atoms with E-state index in [2.05, 4.69) is 31.9 Å². The van der Waals surface area contributed by atoms with Crippen LogP contribution in [-0.4, -0.2) is 187 Å². The first kappa shape index (κ1) is 120. The third-order valence-electron chi connectivity index (χ3n) is 23.5. The first-order valence-corrected chi connectivity index (χ1v) is 49.8. The molecule has 7 N–H and O–H groups in total. The van der Waals surface area contributed by atoms with Gasteiger partial charge in [-0.15, -0.1) is 12.4 Å². The zero-order valence-electron chi connectivity index (χ0n) is 85.7. The minimum atomic E-state index is -1.12. The highest BCUT2D eigenvalue weighted by Gasteiger charge is 2.44. The number of amides is 7. The summed E-state index contributed by atoms with van der Waals surface area (Å²) in [4.78, 5) is 187. The van der Waals surface area contributed by atoms with E-state index in [4.69, 9.17) is 33.2 Å². The molecule has 8 aromatic rings. The molecule has 1 aliphatic rings. The van der Waals surface area contributed by atoms with Crippen molar-refractivity contribution in [1.82, 2.24) is 41.7 Å². The SMILES string of the molecule is CC(C)C[C@@H](NC(=O)[C@H](CC(=O)CN(CCc1ccccc1)C(=O)OC(C)(C)C)Cc1ccccc1)C(=O)C[C@H](CCCCNC(=O)OCc1ccccc1)C(=O)O.COC(=O)[C@@H](CCCCNC(=O)OCc1ccccc1)CC(=O)[C@@H](CC(C)C)NC(=O)[C@H](CC(=O)CN(CCc1ccccc1)C(=O)OC(C)(C)C)Cc1ccccc1.Cl.O=C(NC1(C(=O)OCc2ccccc2)CCNCC1)OCc1ccccc1. The van der Waals surface area contributed by atoms with Crippen molar-refractivity contribution in [3.8, 4) is 0 Å². The highest BCUT2D eigenvalue weighted by Crippen LogP contribution is 2.27. The van der Waals surface area contributed by atoms with Crippen LogP contribution in [0.5, 0.6) is 0 Å². The van der Waals surface area contributed by atoms with E-state index in [0.29, 0.717) is 83.8 Å². The predicted octanol–water partition coefficient (Wildman–Crippen LogP) is 18.4. The molecule has 0 radical (unpaired) electrons. The molecule has 0 spiro atoms. The number of nitrogens with one attached hydrogen (secondary N) is 6. The topological polar surface area (TPSA) is 402 Å². The number of methoxy groups -OCH3 is 1. The van der Waals surface area contributed by atoms with E-state index in [1.165, 1.54) is 16.9 Å². The Morgan fingerprint density at radius 2 is 0.703 bits per heavy atom. The highest BCUT2D eigenvalue weighted by atomic mass is 35.5. The predicted molar refractivity (Wildman–Crippen MR) is 556 cm³/mol. The molecular weight excluding hydrogens is 1870 g/mol. The molecule has 784 valence electrons. The molecule has 0 aliphatic carbocycles. The van der Waals surface area contributed by atoms with Crippen LogP contribution in [0, 0.1) is 35.5 Å². The molecule has 9 rings (SSSR count). The summed E-state index contributed by atoms with van der Waals surface area (Å²) in [5.41, 5.74) is 4.55. The molecule has 7 amide bonds. The fourth-order valence-corrected chi connectivity index (χ4v) is 16.0. The van der Waals surface area contributed by atoms with Crippen LogP contribution in [0.3, 0.4) is 0 Å². The number of aliphatic carboxylic acids is 1. The van der Waals surface area contributed by atoms with Crippen molar-refractivity contribution in [3.05, 3.63) is 287 Å². The summed E-state index contributed by atoms with van der Waals surface area (Å²) in [6.45, 7) is 20.7. The lowest BCUT2D eigenvalue weighted by Crippen LogP contribution is -2.60. The number of carboxylic acid groups (broad SMARTS) is 1. The van der Waals surface area contributed by atoms with Gasteiger partial charge in [0.05, 0.1) is 44.1 Å². The lowest BCUT2D eigenvalue weighted by atomic mass is 9.88. The summed E-state index contributed by atoms with van der Waals surface area (Å²) in [6, 6.07) is 73.4. The Balaban J connectivity index is 0.000000352. The van der Waals surface area contributed by atoms with Crippen molar-refractivity contribution in [2.45, 2.75) is 240 Å². The van der Waals surface area contributed by atoms with Gasteiger partial charge in [0, 0.05) is 63.7 Å². The number of carboxylic acids is 1. The summed E-state index contributed by atoms with van der Waals surface area (Å²) in [5, 5.41) is 27.2. The number of rotatable bonds is 54. The van der Waals surface area contributed by atoms with Crippen molar-refractivity contribution >= 4 is 95.7 Å². The lowest BCUT2D eigenvalue weighted by Gasteiger charge is -2.35. The maximum Gasteiger partial charge on any atom is 0.410 e. The van der Waals surface area contributed by atoms with Crippen LogP contribution in [0.4, 0.5) is 24.0 Å². The van der Waals surface area contributed by atoms with Crippen LogP contribution in [0.25, 0.3) is 0 Å². The van der Waals surface area contributed by atoms with Gasteiger partial charge in [-0.1, -0.05) is 283 Å². The molecule has 30 nitrogen and oxygen atoms in total. The van der Waals surface area contributed by atoms with E-state index in [1.54, 1.807) is 41.5 Å². The molecular formula is C114H149ClN8O22. The number of esters is 2. The molecule has 31 heteroatoms. The molecule has 0 saturated carbocycles. The van der Waals surface area contributed by atoms with Gasteiger partial charge >= 0.3 is 48.4 Å². The number of carbonyl (C=O) groups excluding carboxylic acids is 13. The van der Waals surface area contributed by atoms with Crippen LogP contribution in [0.1, 0.15) is 204 Å². The second-order valence-electron chi connectivity index (χ2n) is 39.1. The minimum Gasteiger partial charge on any atom is -0.481 e. The molecule has 1 fully saturated rings. The van der Waals surface area contributed by atoms with Gasteiger partial charge in [0.25, 0.3) is 0 Å². The number of ketones is 4. The molecule has 0 bridgehead atoms. The number of piperidine rings is 1. The maximum atomic E-state index is 14.1. The van der Waals surface area contributed by atoms with Gasteiger partial charge < -0.3 is 80.0 Å². The monoisotopic (exact) mass is 2020 g/mol. The maximum absolute atomic E-state index is 14.1. The van der Waals surface area contributed by atoms with Crippen LogP contribution in [-0.2, 0) is 128 Å². The largest absolute Gasteiger partial charge is 0.481 e.